The van der Waals surface area contributed by atoms with Crippen LogP contribution in [0.15, 0.2) is 18.0 Å². The fourth-order valence-electron chi connectivity index (χ4n) is 3.16. The van der Waals surface area contributed by atoms with Crippen LogP contribution in [0.3, 0.4) is 0 Å². The summed E-state index contributed by atoms with van der Waals surface area (Å²) in [7, 11) is 0. The number of nitrogens with zero attached hydrogens (tertiary/aromatic N) is 4. The average Bonchev–Trinajstić information content (AvgIpc) is 2.68. The zero-order valence-corrected chi connectivity index (χ0v) is 14.3. The normalized spacial score (nSPS) is 19.3. The van der Waals surface area contributed by atoms with E-state index in [9.17, 15) is 10.1 Å². The van der Waals surface area contributed by atoms with E-state index in [2.05, 4.69) is 20.2 Å². The first kappa shape index (κ1) is 17.4. The predicted molar refractivity (Wildman–Crippen MR) is 93.7 cm³/mol. The van der Waals surface area contributed by atoms with Crippen molar-refractivity contribution in [1.82, 2.24) is 15.3 Å². The second-order valence-electron chi connectivity index (χ2n) is 6.39. The van der Waals surface area contributed by atoms with Crippen molar-refractivity contribution in [3.05, 3.63) is 23.5 Å². The summed E-state index contributed by atoms with van der Waals surface area (Å²) < 4.78 is 5.31. The molecule has 3 rings (SSSR count). The third kappa shape index (κ3) is 4.77. The number of anilines is 1. The Morgan fingerprint density at radius 2 is 1.92 bits per heavy atom. The Labute approximate surface area is 147 Å². The third-order valence-corrected chi connectivity index (χ3v) is 4.57. The number of carbonyl (C=O) groups is 1. The van der Waals surface area contributed by atoms with E-state index in [0.29, 0.717) is 24.7 Å². The molecule has 1 amide bonds. The fraction of sp³-hybridized carbons (Fsp3) is 0.556. The molecular weight excluding hydrogens is 318 g/mol. The topological polar surface area (TPSA) is 91.1 Å². The molecule has 0 aromatic carbocycles. The molecule has 7 heteroatoms. The minimum atomic E-state index is -0.313. The molecule has 25 heavy (non-hydrogen) atoms. The summed E-state index contributed by atoms with van der Waals surface area (Å²) in [6.07, 6.45) is 10.3. The molecule has 0 spiro atoms. The molecule has 1 saturated heterocycles. The summed E-state index contributed by atoms with van der Waals surface area (Å²) in [6, 6.07) is 2.16. The number of amides is 1. The zero-order chi connectivity index (χ0) is 17.5. The molecule has 1 aliphatic carbocycles. The summed E-state index contributed by atoms with van der Waals surface area (Å²) in [6.45, 7) is 2.88. The third-order valence-electron chi connectivity index (χ3n) is 4.57. The zero-order valence-electron chi connectivity index (χ0n) is 14.3. The van der Waals surface area contributed by atoms with Gasteiger partial charge in [0.05, 0.1) is 13.2 Å². The molecule has 1 saturated carbocycles. The predicted octanol–water partition coefficient (Wildman–Crippen LogP) is 1.67. The summed E-state index contributed by atoms with van der Waals surface area (Å²) >= 11 is 0. The highest BCUT2D eigenvalue weighted by Gasteiger charge is 2.18. The van der Waals surface area contributed by atoms with Crippen molar-refractivity contribution >= 4 is 17.9 Å². The van der Waals surface area contributed by atoms with Gasteiger partial charge in [-0.05, 0) is 18.9 Å². The van der Waals surface area contributed by atoms with Crippen LogP contribution in [0.5, 0.6) is 0 Å². The maximum atomic E-state index is 12.3. The highest BCUT2D eigenvalue weighted by atomic mass is 16.5. The summed E-state index contributed by atoms with van der Waals surface area (Å²) in [5.74, 6) is 0.331. The van der Waals surface area contributed by atoms with Crippen molar-refractivity contribution in [2.45, 2.75) is 38.1 Å². The van der Waals surface area contributed by atoms with Gasteiger partial charge < -0.3 is 15.0 Å². The van der Waals surface area contributed by atoms with Gasteiger partial charge in [0.15, 0.2) is 0 Å². The van der Waals surface area contributed by atoms with Crippen molar-refractivity contribution in [1.29, 1.82) is 5.26 Å². The van der Waals surface area contributed by atoms with Gasteiger partial charge >= 0.3 is 0 Å². The van der Waals surface area contributed by atoms with E-state index in [4.69, 9.17) is 4.74 Å². The van der Waals surface area contributed by atoms with E-state index in [-0.39, 0.29) is 17.5 Å². The Kier molecular flexibility index (Phi) is 5.96. The van der Waals surface area contributed by atoms with Crippen molar-refractivity contribution in [2.75, 3.05) is 31.2 Å². The van der Waals surface area contributed by atoms with Crippen LogP contribution in [0.4, 0.5) is 5.95 Å². The molecule has 0 bridgehead atoms. The lowest BCUT2D eigenvalue weighted by molar-refractivity contribution is -0.117. The van der Waals surface area contributed by atoms with Crippen LogP contribution in [0, 0.1) is 11.3 Å². The Morgan fingerprint density at radius 3 is 2.56 bits per heavy atom. The first-order chi connectivity index (χ1) is 12.3. The minimum absolute atomic E-state index is 0.0910. The first-order valence-corrected chi connectivity index (χ1v) is 8.83. The molecule has 2 heterocycles. The van der Waals surface area contributed by atoms with Crippen molar-refractivity contribution in [2.24, 2.45) is 0 Å². The lowest BCUT2D eigenvalue weighted by atomic mass is 9.95. The van der Waals surface area contributed by atoms with Gasteiger partial charge in [-0.25, -0.2) is 9.97 Å². The number of rotatable bonds is 4. The molecule has 0 atom stereocenters. The number of ether oxygens (including phenoxy) is 1. The molecule has 1 aromatic heterocycles. The van der Waals surface area contributed by atoms with Crippen molar-refractivity contribution in [3.8, 4) is 6.07 Å². The van der Waals surface area contributed by atoms with E-state index < -0.39 is 0 Å². The summed E-state index contributed by atoms with van der Waals surface area (Å²) in [5.41, 5.74) is 0.737. The van der Waals surface area contributed by atoms with E-state index in [1.165, 1.54) is 6.42 Å². The molecule has 1 aliphatic heterocycles. The molecule has 2 aliphatic rings. The summed E-state index contributed by atoms with van der Waals surface area (Å²) in [4.78, 5) is 23.0. The molecule has 0 unspecified atom stereocenters. The van der Waals surface area contributed by atoms with Crippen LogP contribution in [-0.2, 0) is 9.53 Å². The number of nitrogens with one attached hydrogen (secondary N) is 1. The highest BCUT2D eigenvalue weighted by molar-refractivity contribution is 6.01. The Morgan fingerprint density at radius 1 is 1.24 bits per heavy atom. The molecule has 0 radical (unpaired) electrons. The standard InChI is InChI=1S/C18H23N5O2/c19-11-15(17(24)22-16-4-2-1-3-5-16)10-14-12-20-18(21-13-14)23-6-8-25-9-7-23/h10,12-13,16H,1-9H2,(H,22,24)/b15-10+. The van der Waals surface area contributed by atoms with Gasteiger partial charge in [0, 0.05) is 37.1 Å². The van der Waals surface area contributed by atoms with Gasteiger partial charge in [0.25, 0.3) is 5.91 Å². The van der Waals surface area contributed by atoms with Crippen LogP contribution >= 0.6 is 0 Å². The van der Waals surface area contributed by atoms with Gasteiger partial charge in [-0.1, -0.05) is 19.3 Å². The number of aromatic nitrogens is 2. The number of hydrogen-bond acceptors (Lipinski definition) is 6. The second-order valence-corrected chi connectivity index (χ2v) is 6.39. The van der Waals surface area contributed by atoms with E-state index in [1.54, 1.807) is 18.5 Å². The SMILES string of the molecule is N#C/C(=C\c1cnc(N2CCOCC2)nc1)C(=O)NC1CCCCC1. The fourth-order valence-corrected chi connectivity index (χ4v) is 3.16. The van der Waals surface area contributed by atoms with Crippen LogP contribution < -0.4 is 10.2 Å². The maximum absolute atomic E-state index is 12.3. The van der Waals surface area contributed by atoms with Crippen molar-refractivity contribution in [3.63, 3.8) is 0 Å². The molecule has 1 N–H and O–H groups in total. The number of morpholine rings is 1. The van der Waals surface area contributed by atoms with Crippen molar-refractivity contribution < 1.29 is 9.53 Å². The molecule has 1 aromatic rings. The lowest BCUT2D eigenvalue weighted by Gasteiger charge is -2.26. The molecule has 132 valence electrons. The van der Waals surface area contributed by atoms with Crippen LogP contribution in [0.1, 0.15) is 37.7 Å². The van der Waals surface area contributed by atoms with Gasteiger partial charge in [0.2, 0.25) is 5.95 Å². The number of hydrogen-bond donors (Lipinski definition) is 1. The Balaban J connectivity index is 1.64. The van der Waals surface area contributed by atoms with E-state index in [1.807, 2.05) is 6.07 Å². The monoisotopic (exact) mass is 341 g/mol. The average molecular weight is 341 g/mol. The van der Waals surface area contributed by atoms with Gasteiger partial charge in [-0.3, -0.25) is 4.79 Å². The quantitative estimate of drug-likeness (QED) is 0.662. The van der Waals surface area contributed by atoms with Gasteiger partial charge in [0.1, 0.15) is 11.6 Å². The van der Waals surface area contributed by atoms with E-state index in [0.717, 1.165) is 38.8 Å². The highest BCUT2D eigenvalue weighted by Crippen LogP contribution is 2.18. The summed E-state index contributed by atoms with van der Waals surface area (Å²) in [5, 5.41) is 12.3. The molecule has 7 nitrogen and oxygen atoms in total. The molecular formula is C18H23N5O2. The maximum Gasteiger partial charge on any atom is 0.262 e. The Bertz CT molecular complexity index is 653. The molecule has 2 fully saturated rings. The van der Waals surface area contributed by atoms with Crippen LogP contribution in [0.25, 0.3) is 6.08 Å². The van der Waals surface area contributed by atoms with Gasteiger partial charge in [-0.2, -0.15) is 5.26 Å². The van der Waals surface area contributed by atoms with Crippen LogP contribution in [-0.4, -0.2) is 48.2 Å². The largest absolute Gasteiger partial charge is 0.378 e. The minimum Gasteiger partial charge on any atom is -0.378 e. The number of carbonyl (C=O) groups excluding carboxylic acids is 1. The smallest absolute Gasteiger partial charge is 0.262 e. The lowest BCUT2D eigenvalue weighted by Crippen LogP contribution is -2.37. The number of nitriles is 1. The van der Waals surface area contributed by atoms with E-state index >= 15 is 0 Å². The first-order valence-electron chi connectivity index (χ1n) is 8.83. The van der Waals surface area contributed by atoms with Crippen LogP contribution in [0.2, 0.25) is 0 Å². The Hall–Kier alpha value is -2.46. The second kappa shape index (κ2) is 8.58. The van der Waals surface area contributed by atoms with Gasteiger partial charge in [-0.15, -0.1) is 0 Å².